The van der Waals surface area contributed by atoms with E-state index in [2.05, 4.69) is 16.0 Å². The lowest BCUT2D eigenvalue weighted by Gasteiger charge is -2.21. The number of hydrogen-bond acceptors (Lipinski definition) is 4. The van der Waals surface area contributed by atoms with E-state index in [4.69, 9.17) is 4.74 Å². The van der Waals surface area contributed by atoms with E-state index in [-0.39, 0.29) is 18.2 Å². The van der Waals surface area contributed by atoms with Gasteiger partial charge in [0.1, 0.15) is 5.75 Å². The number of carbonyl (C=O) groups excluding carboxylic acids is 2. The third kappa shape index (κ3) is 6.38. The molecule has 2 rings (SSSR count). The lowest BCUT2D eigenvalue weighted by molar-refractivity contribution is -0.122. The Morgan fingerprint density at radius 2 is 2.16 bits per heavy atom. The second-order valence-corrected chi connectivity index (χ2v) is 6.43. The number of para-hydroxylation sites is 1. The van der Waals surface area contributed by atoms with Crippen molar-refractivity contribution >= 4 is 11.8 Å². The topological polar surface area (TPSA) is 79.5 Å². The Morgan fingerprint density at radius 3 is 2.84 bits per heavy atom. The molecule has 1 aliphatic heterocycles. The lowest BCUT2D eigenvalue weighted by atomic mass is 10.0. The Morgan fingerprint density at radius 1 is 1.36 bits per heavy atom. The number of rotatable bonds is 9. The van der Waals surface area contributed by atoms with E-state index < -0.39 is 6.04 Å². The minimum atomic E-state index is -0.395. The van der Waals surface area contributed by atoms with Crippen molar-refractivity contribution in [3.05, 3.63) is 29.8 Å². The van der Waals surface area contributed by atoms with Crippen LogP contribution in [0, 0.1) is 5.92 Å². The van der Waals surface area contributed by atoms with Crippen LogP contribution < -0.4 is 20.7 Å². The number of hydrogen-bond donors (Lipinski definition) is 3. The van der Waals surface area contributed by atoms with Gasteiger partial charge in [-0.2, -0.15) is 0 Å². The first-order valence-corrected chi connectivity index (χ1v) is 9.06. The first-order valence-electron chi connectivity index (χ1n) is 9.06. The van der Waals surface area contributed by atoms with Crippen molar-refractivity contribution in [2.75, 3.05) is 26.2 Å². The quantitative estimate of drug-likeness (QED) is 0.636. The number of carbonyl (C=O) groups is 2. The van der Waals surface area contributed by atoms with Gasteiger partial charge in [0, 0.05) is 19.0 Å². The molecule has 1 aromatic rings. The Labute approximate surface area is 149 Å². The molecule has 0 aromatic heterocycles. The standard InChI is InChI=1S/C19H29N3O3/c1-3-25-18-7-5-4-6-16(18)17(22-14(2)23)12-19(24)21-11-9-15-8-10-20-13-15/h4-7,15,17,20H,3,8-13H2,1-2H3,(H,21,24)(H,22,23). The third-order valence-corrected chi connectivity index (χ3v) is 4.40. The molecule has 6 heteroatoms. The molecule has 0 bridgehead atoms. The van der Waals surface area contributed by atoms with Crippen LogP contribution in [0.15, 0.2) is 24.3 Å². The molecule has 1 saturated heterocycles. The Kier molecular flexibility index (Phi) is 7.73. The maximum absolute atomic E-state index is 12.3. The van der Waals surface area contributed by atoms with Crippen LogP contribution in [0.1, 0.15) is 44.7 Å². The Hall–Kier alpha value is -2.08. The molecule has 1 heterocycles. The van der Waals surface area contributed by atoms with Crippen LogP contribution in [0.5, 0.6) is 5.75 Å². The summed E-state index contributed by atoms with van der Waals surface area (Å²) in [6, 6.07) is 7.13. The predicted molar refractivity (Wildman–Crippen MR) is 97.4 cm³/mol. The highest BCUT2D eigenvalue weighted by molar-refractivity contribution is 5.79. The largest absolute Gasteiger partial charge is 0.494 e. The highest BCUT2D eigenvalue weighted by atomic mass is 16.5. The van der Waals surface area contributed by atoms with E-state index in [1.54, 1.807) is 0 Å². The monoisotopic (exact) mass is 347 g/mol. The summed E-state index contributed by atoms with van der Waals surface area (Å²) in [5.74, 6) is 1.12. The highest BCUT2D eigenvalue weighted by Gasteiger charge is 2.21. The maximum Gasteiger partial charge on any atom is 0.222 e. The second kappa shape index (κ2) is 10.0. The van der Waals surface area contributed by atoms with Crippen molar-refractivity contribution in [2.24, 2.45) is 5.92 Å². The summed E-state index contributed by atoms with van der Waals surface area (Å²) < 4.78 is 5.64. The molecule has 2 atom stereocenters. The van der Waals surface area contributed by atoms with Crippen LogP contribution in [-0.2, 0) is 9.59 Å². The molecule has 1 fully saturated rings. The van der Waals surface area contributed by atoms with E-state index in [1.165, 1.54) is 13.3 Å². The zero-order chi connectivity index (χ0) is 18.1. The van der Waals surface area contributed by atoms with Crippen LogP contribution in [0.25, 0.3) is 0 Å². The number of nitrogens with one attached hydrogen (secondary N) is 3. The van der Waals surface area contributed by atoms with Gasteiger partial charge in [0.25, 0.3) is 0 Å². The first-order chi connectivity index (χ1) is 12.1. The summed E-state index contributed by atoms with van der Waals surface area (Å²) in [5.41, 5.74) is 0.828. The van der Waals surface area contributed by atoms with Gasteiger partial charge in [0.05, 0.1) is 19.1 Å². The summed E-state index contributed by atoms with van der Waals surface area (Å²) in [4.78, 5) is 23.9. The molecule has 2 amide bonds. The van der Waals surface area contributed by atoms with Gasteiger partial charge in [-0.15, -0.1) is 0 Å². The zero-order valence-corrected chi connectivity index (χ0v) is 15.1. The van der Waals surface area contributed by atoms with Crippen molar-refractivity contribution in [2.45, 2.75) is 39.2 Å². The summed E-state index contributed by atoms with van der Waals surface area (Å²) in [6.07, 6.45) is 2.36. The molecule has 1 aliphatic rings. The predicted octanol–water partition coefficient (Wildman–Crippen LogP) is 1.77. The average molecular weight is 347 g/mol. The van der Waals surface area contributed by atoms with Gasteiger partial charge in [-0.3, -0.25) is 9.59 Å². The van der Waals surface area contributed by atoms with Gasteiger partial charge in [-0.25, -0.2) is 0 Å². The van der Waals surface area contributed by atoms with Gasteiger partial charge < -0.3 is 20.7 Å². The van der Waals surface area contributed by atoms with Gasteiger partial charge in [0.15, 0.2) is 0 Å². The minimum absolute atomic E-state index is 0.0593. The third-order valence-electron chi connectivity index (χ3n) is 4.40. The SMILES string of the molecule is CCOc1ccccc1C(CC(=O)NCCC1CCNC1)NC(C)=O. The normalized spacial score (nSPS) is 17.8. The molecule has 0 spiro atoms. The summed E-state index contributed by atoms with van der Waals surface area (Å²) in [6.45, 7) is 6.68. The fourth-order valence-electron chi connectivity index (χ4n) is 3.17. The van der Waals surface area contributed by atoms with E-state index in [0.717, 1.165) is 25.1 Å². The molecular weight excluding hydrogens is 318 g/mol. The van der Waals surface area contributed by atoms with Crippen molar-refractivity contribution in [1.29, 1.82) is 0 Å². The average Bonchev–Trinajstić information content (AvgIpc) is 3.08. The maximum atomic E-state index is 12.3. The second-order valence-electron chi connectivity index (χ2n) is 6.43. The summed E-state index contributed by atoms with van der Waals surface area (Å²) >= 11 is 0. The van der Waals surface area contributed by atoms with E-state index in [1.807, 2.05) is 31.2 Å². The smallest absolute Gasteiger partial charge is 0.222 e. The van der Waals surface area contributed by atoms with Crippen LogP contribution >= 0.6 is 0 Å². The Bertz CT molecular complexity index is 571. The van der Waals surface area contributed by atoms with Crippen LogP contribution in [0.4, 0.5) is 0 Å². The van der Waals surface area contributed by atoms with Gasteiger partial charge in [-0.1, -0.05) is 18.2 Å². The van der Waals surface area contributed by atoms with E-state index >= 15 is 0 Å². The number of amides is 2. The fraction of sp³-hybridized carbons (Fsp3) is 0.579. The molecule has 3 N–H and O–H groups in total. The van der Waals surface area contributed by atoms with Crippen molar-refractivity contribution in [1.82, 2.24) is 16.0 Å². The summed E-state index contributed by atoms with van der Waals surface area (Å²) in [7, 11) is 0. The fourth-order valence-corrected chi connectivity index (χ4v) is 3.17. The Balaban J connectivity index is 1.94. The molecule has 0 saturated carbocycles. The van der Waals surface area contributed by atoms with Gasteiger partial charge in [0.2, 0.25) is 11.8 Å². The minimum Gasteiger partial charge on any atom is -0.494 e. The zero-order valence-electron chi connectivity index (χ0n) is 15.1. The molecule has 6 nitrogen and oxygen atoms in total. The number of benzene rings is 1. The molecule has 2 unspecified atom stereocenters. The van der Waals surface area contributed by atoms with E-state index in [9.17, 15) is 9.59 Å². The summed E-state index contributed by atoms with van der Waals surface area (Å²) in [5, 5.41) is 9.17. The molecular formula is C19H29N3O3. The first kappa shape index (κ1) is 19.2. The number of ether oxygens (including phenoxy) is 1. The molecule has 0 aliphatic carbocycles. The van der Waals surface area contributed by atoms with Crippen molar-refractivity contribution < 1.29 is 14.3 Å². The van der Waals surface area contributed by atoms with Crippen LogP contribution in [-0.4, -0.2) is 38.1 Å². The van der Waals surface area contributed by atoms with Gasteiger partial charge in [-0.05, 0) is 44.8 Å². The molecule has 25 heavy (non-hydrogen) atoms. The van der Waals surface area contributed by atoms with E-state index in [0.29, 0.717) is 24.8 Å². The van der Waals surface area contributed by atoms with Crippen molar-refractivity contribution in [3.8, 4) is 5.75 Å². The molecule has 0 radical (unpaired) electrons. The van der Waals surface area contributed by atoms with Crippen LogP contribution in [0.3, 0.4) is 0 Å². The van der Waals surface area contributed by atoms with Gasteiger partial charge >= 0.3 is 0 Å². The van der Waals surface area contributed by atoms with Crippen LogP contribution in [0.2, 0.25) is 0 Å². The molecule has 1 aromatic carbocycles. The molecule has 138 valence electrons. The lowest BCUT2D eigenvalue weighted by Crippen LogP contribution is -2.33. The van der Waals surface area contributed by atoms with Crippen molar-refractivity contribution in [3.63, 3.8) is 0 Å². The highest BCUT2D eigenvalue weighted by Crippen LogP contribution is 2.27.